The van der Waals surface area contributed by atoms with Gasteiger partial charge in [0.15, 0.2) is 0 Å². The van der Waals surface area contributed by atoms with Gasteiger partial charge in [0, 0.05) is 13.0 Å². The number of aryl methyl sites for hydroxylation is 1. The number of rotatable bonds is 3. The Kier molecular flexibility index (Phi) is 3.76. The standard InChI is InChI=1S/C12H17N3O3/c1-7-10(12(16)17)11(13)15-9(14-7)6-8-4-2-3-5-18-8/h8H,2-6H2,1H3,(H,16,17)(H2,13,14,15). The molecule has 6 nitrogen and oxygen atoms in total. The molecule has 1 aromatic heterocycles. The summed E-state index contributed by atoms with van der Waals surface area (Å²) in [6, 6.07) is 0. The average Bonchev–Trinajstić information content (AvgIpc) is 2.28. The summed E-state index contributed by atoms with van der Waals surface area (Å²) in [5.74, 6) is -0.506. The minimum atomic E-state index is -1.09. The summed E-state index contributed by atoms with van der Waals surface area (Å²) in [4.78, 5) is 19.2. The molecule has 1 atom stereocenters. The molecule has 1 aliphatic heterocycles. The van der Waals surface area contributed by atoms with Crippen LogP contribution in [0.25, 0.3) is 0 Å². The zero-order valence-corrected chi connectivity index (χ0v) is 10.3. The van der Waals surface area contributed by atoms with Crippen LogP contribution >= 0.6 is 0 Å². The second-order valence-corrected chi connectivity index (χ2v) is 4.48. The maximum Gasteiger partial charge on any atom is 0.341 e. The first-order valence-corrected chi connectivity index (χ1v) is 6.06. The Morgan fingerprint density at radius 3 is 2.83 bits per heavy atom. The zero-order chi connectivity index (χ0) is 13.1. The highest BCUT2D eigenvalue weighted by Crippen LogP contribution is 2.18. The van der Waals surface area contributed by atoms with Crippen molar-refractivity contribution in [3.05, 3.63) is 17.1 Å². The van der Waals surface area contributed by atoms with E-state index in [1.165, 1.54) is 0 Å². The van der Waals surface area contributed by atoms with Crippen LogP contribution < -0.4 is 5.73 Å². The van der Waals surface area contributed by atoms with Gasteiger partial charge in [-0.2, -0.15) is 0 Å². The maximum absolute atomic E-state index is 11.0. The van der Waals surface area contributed by atoms with Crippen molar-refractivity contribution in [3.63, 3.8) is 0 Å². The third-order valence-corrected chi connectivity index (χ3v) is 3.06. The lowest BCUT2D eigenvalue weighted by atomic mass is 10.1. The lowest BCUT2D eigenvalue weighted by Gasteiger charge is -2.22. The second-order valence-electron chi connectivity index (χ2n) is 4.48. The summed E-state index contributed by atoms with van der Waals surface area (Å²) in [6.45, 7) is 2.40. The summed E-state index contributed by atoms with van der Waals surface area (Å²) in [6.07, 6.45) is 3.93. The third kappa shape index (κ3) is 2.76. The van der Waals surface area contributed by atoms with Crippen molar-refractivity contribution in [2.45, 2.75) is 38.7 Å². The van der Waals surface area contributed by atoms with E-state index in [4.69, 9.17) is 15.6 Å². The highest BCUT2D eigenvalue weighted by Gasteiger charge is 2.19. The predicted molar refractivity (Wildman–Crippen MR) is 65.4 cm³/mol. The Labute approximate surface area is 105 Å². The first-order valence-electron chi connectivity index (χ1n) is 6.06. The number of nitrogen functional groups attached to an aromatic ring is 1. The third-order valence-electron chi connectivity index (χ3n) is 3.06. The number of nitrogens with zero attached hydrogens (tertiary/aromatic N) is 2. The van der Waals surface area contributed by atoms with E-state index in [0.717, 1.165) is 25.9 Å². The van der Waals surface area contributed by atoms with E-state index in [-0.39, 0.29) is 17.5 Å². The van der Waals surface area contributed by atoms with Gasteiger partial charge >= 0.3 is 5.97 Å². The van der Waals surface area contributed by atoms with Gasteiger partial charge in [-0.05, 0) is 26.2 Å². The molecule has 6 heteroatoms. The number of nitrogens with two attached hydrogens (primary N) is 1. The highest BCUT2D eigenvalue weighted by molar-refractivity contribution is 5.93. The van der Waals surface area contributed by atoms with Crippen LogP contribution in [0.3, 0.4) is 0 Å². The first kappa shape index (κ1) is 12.8. The van der Waals surface area contributed by atoms with Gasteiger partial charge in [-0.25, -0.2) is 14.8 Å². The molecule has 1 unspecified atom stereocenters. The Balaban J connectivity index is 2.17. The molecule has 0 saturated carbocycles. The van der Waals surface area contributed by atoms with Crippen molar-refractivity contribution in [1.82, 2.24) is 9.97 Å². The number of hydrogen-bond acceptors (Lipinski definition) is 5. The van der Waals surface area contributed by atoms with E-state index in [1.807, 2.05) is 0 Å². The van der Waals surface area contributed by atoms with Crippen LogP contribution in [0, 0.1) is 6.92 Å². The van der Waals surface area contributed by atoms with Crippen LogP contribution in [0.5, 0.6) is 0 Å². The quantitative estimate of drug-likeness (QED) is 0.836. The maximum atomic E-state index is 11.0. The lowest BCUT2D eigenvalue weighted by Crippen LogP contribution is -2.23. The largest absolute Gasteiger partial charge is 0.477 e. The molecular formula is C12H17N3O3. The van der Waals surface area contributed by atoms with E-state index < -0.39 is 5.97 Å². The van der Waals surface area contributed by atoms with Crippen molar-refractivity contribution in [1.29, 1.82) is 0 Å². The summed E-state index contributed by atoms with van der Waals surface area (Å²) >= 11 is 0. The second kappa shape index (κ2) is 5.30. The molecule has 0 aromatic carbocycles. The number of carboxylic acids is 1. The topological polar surface area (TPSA) is 98.3 Å². The highest BCUT2D eigenvalue weighted by atomic mass is 16.5. The Bertz CT molecular complexity index is 433. The molecule has 2 heterocycles. The van der Waals surface area contributed by atoms with Crippen molar-refractivity contribution in [2.24, 2.45) is 0 Å². The molecule has 1 aliphatic rings. The van der Waals surface area contributed by atoms with Gasteiger partial charge in [-0.1, -0.05) is 0 Å². The van der Waals surface area contributed by atoms with E-state index >= 15 is 0 Å². The first-order chi connectivity index (χ1) is 8.58. The molecule has 0 radical (unpaired) electrons. The van der Waals surface area contributed by atoms with Crippen molar-refractivity contribution in [3.8, 4) is 0 Å². The van der Waals surface area contributed by atoms with E-state index in [1.54, 1.807) is 6.92 Å². The molecule has 18 heavy (non-hydrogen) atoms. The summed E-state index contributed by atoms with van der Waals surface area (Å²) in [5.41, 5.74) is 6.05. The fraction of sp³-hybridized carbons (Fsp3) is 0.583. The molecule has 1 aromatic rings. The molecule has 3 N–H and O–H groups in total. The van der Waals surface area contributed by atoms with Crippen LogP contribution in [-0.4, -0.2) is 33.8 Å². The number of carboxylic acid groups (broad SMARTS) is 1. The van der Waals surface area contributed by atoms with Crippen molar-refractivity contribution >= 4 is 11.8 Å². The molecule has 98 valence electrons. The van der Waals surface area contributed by atoms with Gasteiger partial charge < -0.3 is 15.6 Å². The Morgan fingerprint density at radius 1 is 1.50 bits per heavy atom. The molecule has 0 spiro atoms. The fourth-order valence-corrected chi connectivity index (χ4v) is 2.18. The molecule has 1 saturated heterocycles. The van der Waals surface area contributed by atoms with Gasteiger partial charge in [0.25, 0.3) is 0 Å². The number of hydrogen-bond donors (Lipinski definition) is 2. The van der Waals surface area contributed by atoms with Gasteiger partial charge in [0.05, 0.1) is 11.8 Å². The van der Waals surface area contributed by atoms with Crippen molar-refractivity contribution in [2.75, 3.05) is 12.3 Å². The predicted octanol–water partition coefficient (Wildman–Crippen LogP) is 1.18. The normalized spacial score (nSPS) is 19.7. The van der Waals surface area contributed by atoms with E-state index in [0.29, 0.717) is 17.9 Å². The van der Waals surface area contributed by atoms with Gasteiger partial charge in [0.1, 0.15) is 17.2 Å². The van der Waals surface area contributed by atoms with Gasteiger partial charge in [-0.3, -0.25) is 0 Å². The molecule has 0 amide bonds. The van der Waals surface area contributed by atoms with Crippen LogP contribution in [0.2, 0.25) is 0 Å². The molecular weight excluding hydrogens is 234 g/mol. The Hall–Kier alpha value is -1.69. The molecule has 0 aliphatic carbocycles. The van der Waals surface area contributed by atoms with E-state index in [2.05, 4.69) is 9.97 Å². The summed E-state index contributed by atoms with van der Waals surface area (Å²) < 4.78 is 5.60. The molecule has 1 fully saturated rings. The minimum absolute atomic E-state index is 0.0108. The average molecular weight is 251 g/mol. The lowest BCUT2D eigenvalue weighted by molar-refractivity contribution is 0.0156. The summed E-state index contributed by atoms with van der Waals surface area (Å²) in [5, 5.41) is 8.97. The smallest absolute Gasteiger partial charge is 0.341 e. The summed E-state index contributed by atoms with van der Waals surface area (Å²) in [7, 11) is 0. The number of ether oxygens (including phenoxy) is 1. The van der Waals surface area contributed by atoms with Crippen LogP contribution in [0.1, 0.15) is 41.1 Å². The number of anilines is 1. The van der Waals surface area contributed by atoms with Crippen LogP contribution in [-0.2, 0) is 11.2 Å². The van der Waals surface area contributed by atoms with Gasteiger partial charge in [0.2, 0.25) is 0 Å². The molecule has 2 rings (SSSR count). The van der Waals surface area contributed by atoms with Crippen molar-refractivity contribution < 1.29 is 14.6 Å². The number of aromatic nitrogens is 2. The molecule has 0 bridgehead atoms. The number of aromatic carboxylic acids is 1. The zero-order valence-electron chi connectivity index (χ0n) is 10.3. The van der Waals surface area contributed by atoms with Crippen LogP contribution in [0.4, 0.5) is 5.82 Å². The monoisotopic (exact) mass is 251 g/mol. The van der Waals surface area contributed by atoms with Gasteiger partial charge in [-0.15, -0.1) is 0 Å². The Morgan fingerprint density at radius 2 is 2.28 bits per heavy atom. The minimum Gasteiger partial charge on any atom is -0.477 e. The SMILES string of the molecule is Cc1nc(CC2CCCCO2)nc(N)c1C(=O)O. The number of carbonyl (C=O) groups is 1. The van der Waals surface area contributed by atoms with E-state index in [9.17, 15) is 4.79 Å². The van der Waals surface area contributed by atoms with Crippen LogP contribution in [0.15, 0.2) is 0 Å². The fourth-order valence-electron chi connectivity index (χ4n) is 2.18.